The maximum atomic E-state index is 14.0. The van der Waals surface area contributed by atoms with Crippen molar-refractivity contribution in [3.8, 4) is 0 Å². The molecule has 0 spiro atoms. The monoisotopic (exact) mass is 843 g/mol. The first-order chi connectivity index (χ1) is 28.8. The number of amides is 6. The lowest BCUT2D eigenvalue weighted by Gasteiger charge is -2.48. The Morgan fingerprint density at radius 3 is 1.72 bits per heavy atom. The smallest absolute Gasteiger partial charge is 0.436 e. The fourth-order valence-electron chi connectivity index (χ4n) is 9.78. The summed E-state index contributed by atoms with van der Waals surface area (Å²) in [6, 6.07) is -1.65. The molecule has 3 aliphatic heterocycles. The molecule has 0 aromatic rings. The van der Waals surface area contributed by atoms with Crippen LogP contribution >= 0.6 is 0 Å². The molecule has 336 valence electrons. The van der Waals surface area contributed by atoms with E-state index >= 15 is 0 Å². The zero-order valence-corrected chi connectivity index (χ0v) is 36.4. The van der Waals surface area contributed by atoms with Crippen molar-refractivity contribution >= 4 is 42.1 Å². The zero-order chi connectivity index (χ0) is 42.6. The van der Waals surface area contributed by atoms with E-state index in [-0.39, 0.29) is 57.2 Å². The maximum Gasteiger partial charge on any atom is 0.436 e. The van der Waals surface area contributed by atoms with Crippen LogP contribution < -0.4 is 5.32 Å². The highest BCUT2D eigenvalue weighted by Gasteiger charge is 2.57. The van der Waals surface area contributed by atoms with Crippen molar-refractivity contribution in [2.75, 3.05) is 59.1 Å². The maximum absolute atomic E-state index is 14.0. The van der Waals surface area contributed by atoms with Gasteiger partial charge in [-0.3, -0.25) is 10.1 Å². The number of alkyl carbamates (subject to hydrolysis) is 1. The molecule has 3 saturated carbocycles. The van der Waals surface area contributed by atoms with Crippen LogP contribution in [0.1, 0.15) is 136 Å². The van der Waals surface area contributed by atoms with Gasteiger partial charge in [-0.15, -0.1) is 4.99 Å². The normalized spacial score (nSPS) is 25.3. The number of rotatable bonds is 9. The Balaban J connectivity index is 1.11. The molecular weight excluding hydrogens is 773 g/mol. The molecule has 6 fully saturated rings. The second-order valence-electron chi connectivity index (χ2n) is 19.1. The van der Waals surface area contributed by atoms with Gasteiger partial charge < -0.3 is 33.6 Å². The Bertz CT molecular complexity index is 1520. The molecule has 2 unspecified atom stereocenters. The third-order valence-corrected chi connectivity index (χ3v) is 13.2. The molecule has 6 rings (SSSR count). The Morgan fingerprint density at radius 2 is 1.15 bits per heavy atom. The van der Waals surface area contributed by atoms with Crippen molar-refractivity contribution in [1.29, 1.82) is 0 Å². The zero-order valence-electron chi connectivity index (χ0n) is 36.4. The number of hydrogen-bond donors (Lipinski definition) is 1. The van der Waals surface area contributed by atoms with Gasteiger partial charge in [0, 0.05) is 39.3 Å². The number of guanidine groups is 1. The lowest BCUT2D eigenvalue weighted by Crippen LogP contribution is -2.70. The van der Waals surface area contributed by atoms with Gasteiger partial charge in [-0.05, 0) is 102 Å². The first kappa shape index (κ1) is 45.4. The number of piperidine rings is 1. The topological polar surface area (TPSA) is 177 Å². The highest BCUT2D eigenvalue weighted by atomic mass is 16.6. The second-order valence-corrected chi connectivity index (χ2v) is 19.1. The fraction of sp³-hybridized carbons (Fsp3) is 0.841. The molecule has 0 bridgehead atoms. The van der Waals surface area contributed by atoms with Crippen LogP contribution in [0.2, 0.25) is 0 Å². The summed E-state index contributed by atoms with van der Waals surface area (Å²) >= 11 is 0. The summed E-state index contributed by atoms with van der Waals surface area (Å²) in [4.78, 5) is 91.0. The van der Waals surface area contributed by atoms with E-state index in [4.69, 9.17) is 18.9 Å². The number of ether oxygens (including phenoxy) is 4. The summed E-state index contributed by atoms with van der Waals surface area (Å²) < 4.78 is 22.6. The summed E-state index contributed by atoms with van der Waals surface area (Å²) in [6.07, 6.45) is 16.0. The average Bonchev–Trinajstić information content (AvgIpc) is 3.25. The fourth-order valence-corrected chi connectivity index (χ4v) is 9.78. The lowest BCUT2D eigenvalue weighted by molar-refractivity contribution is -0.172. The van der Waals surface area contributed by atoms with Gasteiger partial charge in [0.15, 0.2) is 6.04 Å². The van der Waals surface area contributed by atoms with E-state index in [1.165, 1.54) is 17.7 Å². The molecule has 3 heterocycles. The second kappa shape index (κ2) is 21.6. The van der Waals surface area contributed by atoms with Crippen LogP contribution in [0, 0.1) is 29.6 Å². The largest absolute Gasteiger partial charge is 0.464 e. The molecule has 3 atom stereocenters. The average molecular weight is 843 g/mol. The molecule has 6 aliphatic rings. The molecule has 0 aromatic heterocycles. The Morgan fingerprint density at radius 1 is 0.633 bits per heavy atom. The summed E-state index contributed by atoms with van der Waals surface area (Å²) in [5.74, 6) is -1.02. The number of aliphatic imine (C=N–C) groups is 1. The predicted molar refractivity (Wildman–Crippen MR) is 222 cm³/mol. The number of esters is 1. The van der Waals surface area contributed by atoms with Crippen molar-refractivity contribution < 1.29 is 47.7 Å². The number of imide groups is 1. The first-order valence-electron chi connectivity index (χ1n) is 23.1. The number of hydrogen-bond acceptors (Lipinski definition) is 10. The number of urea groups is 1. The molecule has 16 heteroatoms. The van der Waals surface area contributed by atoms with Crippen LogP contribution in [0.4, 0.5) is 19.2 Å². The van der Waals surface area contributed by atoms with Gasteiger partial charge in [0.2, 0.25) is 11.9 Å². The third kappa shape index (κ3) is 13.0. The summed E-state index contributed by atoms with van der Waals surface area (Å²) in [6.45, 7) is 7.92. The number of nitrogens with one attached hydrogen (secondary N) is 1. The first-order valence-corrected chi connectivity index (χ1v) is 23.1. The predicted octanol–water partition coefficient (Wildman–Crippen LogP) is 7.09. The number of piperazine rings is 1. The number of β-lactam (4-membered cyclic amide) rings is 1. The standard InChI is InChI=1S/C44H70N6O10/c1-44(2,3)60-43(56)48-24-22-47(23-25-48)42(55)50-36(38(52)57-28-31-14-7-4-8-15-31)35(37(50)51)26-34-20-13-21-49(27-34)39(45-40(53)58-29-32-16-9-5-10-17-32)46-41(54)59-30-33-18-11-6-12-19-33/h31-36H,4-30H2,1-3H3,(H,45,46,53,54)/t34?,35-,36?/m1/s1. The lowest BCUT2D eigenvalue weighted by atomic mass is 9.78. The number of nitrogens with zero attached hydrogens (tertiary/aromatic N) is 5. The van der Waals surface area contributed by atoms with Gasteiger partial charge in [0.1, 0.15) is 5.60 Å². The number of likely N-dealkylation sites (tertiary alicyclic amines) is 2. The van der Waals surface area contributed by atoms with Gasteiger partial charge in [0.05, 0.1) is 25.7 Å². The van der Waals surface area contributed by atoms with Gasteiger partial charge in [0.25, 0.3) is 0 Å². The third-order valence-electron chi connectivity index (χ3n) is 13.2. The van der Waals surface area contributed by atoms with E-state index in [0.29, 0.717) is 44.4 Å². The minimum Gasteiger partial charge on any atom is -0.464 e. The van der Waals surface area contributed by atoms with Crippen LogP contribution in [-0.2, 0) is 28.5 Å². The number of carbonyl (C=O) groups excluding carboxylic acids is 6. The Hall–Kier alpha value is -4.11. The van der Waals surface area contributed by atoms with E-state index in [2.05, 4.69) is 10.3 Å². The van der Waals surface area contributed by atoms with Crippen molar-refractivity contribution in [3.63, 3.8) is 0 Å². The summed E-state index contributed by atoms with van der Waals surface area (Å²) in [7, 11) is 0. The SMILES string of the molecule is CC(C)(C)OC(=O)N1CCN(C(=O)N2C(=O)[C@H](CC3CCCN(/C(=N/C(=O)OCC4CCCCC4)NC(=O)OCC4CCCCC4)C3)C2C(=O)OCC2CCCCC2)CC1. The van der Waals surface area contributed by atoms with E-state index in [1.807, 2.05) is 4.90 Å². The molecule has 3 saturated heterocycles. The van der Waals surface area contributed by atoms with E-state index in [9.17, 15) is 28.8 Å². The summed E-state index contributed by atoms with van der Waals surface area (Å²) in [5.41, 5.74) is -0.658. The quantitative estimate of drug-likeness (QED) is 0.0825. The van der Waals surface area contributed by atoms with Crippen LogP contribution in [0.25, 0.3) is 0 Å². The minimum absolute atomic E-state index is 0.0488. The highest BCUT2D eigenvalue weighted by Crippen LogP contribution is 2.37. The van der Waals surface area contributed by atoms with Crippen molar-refractivity contribution in [2.45, 2.75) is 148 Å². The molecule has 1 N–H and O–H groups in total. The van der Waals surface area contributed by atoms with E-state index in [0.717, 1.165) is 94.8 Å². The molecule has 60 heavy (non-hydrogen) atoms. The Labute approximate surface area is 355 Å². The molecule has 6 amide bonds. The molecule has 3 aliphatic carbocycles. The van der Waals surface area contributed by atoms with Crippen molar-refractivity contribution in [2.24, 2.45) is 34.6 Å². The van der Waals surface area contributed by atoms with Crippen molar-refractivity contribution in [1.82, 2.24) is 24.9 Å². The van der Waals surface area contributed by atoms with E-state index in [1.54, 1.807) is 25.7 Å². The van der Waals surface area contributed by atoms with Gasteiger partial charge in [-0.1, -0.05) is 57.8 Å². The molecule has 0 radical (unpaired) electrons. The minimum atomic E-state index is -1.08. The van der Waals surface area contributed by atoms with Crippen LogP contribution in [0.3, 0.4) is 0 Å². The van der Waals surface area contributed by atoms with Gasteiger partial charge in [-0.2, -0.15) is 0 Å². The molecule has 16 nitrogen and oxygen atoms in total. The van der Waals surface area contributed by atoms with E-state index < -0.39 is 53.7 Å². The number of carbonyl (C=O) groups is 6. The van der Waals surface area contributed by atoms with Crippen molar-refractivity contribution in [3.05, 3.63) is 0 Å². The van der Waals surface area contributed by atoms with Crippen LogP contribution in [0.5, 0.6) is 0 Å². The van der Waals surface area contributed by atoms with Crippen LogP contribution in [-0.4, -0.2) is 132 Å². The highest BCUT2D eigenvalue weighted by molar-refractivity contribution is 6.08. The van der Waals surface area contributed by atoms with Gasteiger partial charge in [-0.25, -0.2) is 28.9 Å². The Kier molecular flexibility index (Phi) is 16.4. The summed E-state index contributed by atoms with van der Waals surface area (Å²) in [5, 5.41) is 2.74. The molecular formula is C44H70N6O10. The molecule has 0 aromatic carbocycles. The van der Waals surface area contributed by atoms with Crippen LogP contribution in [0.15, 0.2) is 4.99 Å². The van der Waals surface area contributed by atoms with Gasteiger partial charge >= 0.3 is 30.3 Å².